The molecule has 1 aromatic rings. The molecule has 0 fully saturated rings. The van der Waals surface area contributed by atoms with Gasteiger partial charge >= 0.3 is 0 Å². The van der Waals surface area contributed by atoms with Crippen molar-refractivity contribution in [3.8, 4) is 11.5 Å². The van der Waals surface area contributed by atoms with Crippen LogP contribution in [0.25, 0.3) is 6.08 Å². The van der Waals surface area contributed by atoms with Crippen molar-refractivity contribution in [3.05, 3.63) is 29.8 Å². The van der Waals surface area contributed by atoms with Gasteiger partial charge in [-0.1, -0.05) is 31.9 Å². The zero-order chi connectivity index (χ0) is 13.2. The van der Waals surface area contributed by atoms with E-state index < -0.39 is 0 Å². The molecule has 0 unspecified atom stereocenters. The predicted octanol–water partition coefficient (Wildman–Crippen LogP) is 3.39. The fourth-order valence-electron chi connectivity index (χ4n) is 1.57. The molecule has 0 amide bonds. The van der Waals surface area contributed by atoms with Crippen LogP contribution in [0, 0.1) is 0 Å². The minimum Gasteiger partial charge on any atom is -0.493 e. The van der Waals surface area contributed by atoms with Crippen LogP contribution in [-0.2, 0) is 4.79 Å². The lowest BCUT2D eigenvalue weighted by Crippen LogP contribution is -1.99. The second-order valence-corrected chi connectivity index (χ2v) is 3.92. The minimum absolute atomic E-state index is 0.680. The van der Waals surface area contributed by atoms with Gasteiger partial charge in [0.25, 0.3) is 0 Å². The quantitative estimate of drug-likeness (QED) is 0.522. The van der Waals surface area contributed by atoms with Crippen LogP contribution in [0.1, 0.15) is 31.7 Å². The fourth-order valence-corrected chi connectivity index (χ4v) is 1.57. The molecule has 0 aromatic heterocycles. The summed E-state index contributed by atoms with van der Waals surface area (Å²) in [7, 11) is 1.60. The molecule has 0 aliphatic carbocycles. The second kappa shape index (κ2) is 8.34. The van der Waals surface area contributed by atoms with Crippen molar-refractivity contribution >= 4 is 12.4 Å². The molecule has 0 saturated heterocycles. The van der Waals surface area contributed by atoms with E-state index in [1.165, 1.54) is 12.5 Å². The van der Waals surface area contributed by atoms with Crippen LogP contribution in [0.2, 0.25) is 0 Å². The SMILES string of the molecule is CCCCCOc1ccc(C=C[C]=O)cc1OC. The number of hydrogen-bond acceptors (Lipinski definition) is 3. The Morgan fingerprint density at radius 2 is 2.11 bits per heavy atom. The molecule has 0 heterocycles. The molecule has 1 aromatic carbocycles. The average molecular weight is 247 g/mol. The molecule has 0 aliphatic heterocycles. The predicted molar refractivity (Wildman–Crippen MR) is 72.7 cm³/mol. The van der Waals surface area contributed by atoms with E-state index in [4.69, 9.17) is 9.47 Å². The van der Waals surface area contributed by atoms with E-state index in [0.29, 0.717) is 12.4 Å². The number of methoxy groups -OCH3 is 1. The van der Waals surface area contributed by atoms with Crippen LogP contribution < -0.4 is 9.47 Å². The van der Waals surface area contributed by atoms with Crippen LogP contribution in [0.5, 0.6) is 11.5 Å². The maximum atomic E-state index is 10.1. The van der Waals surface area contributed by atoms with Crippen molar-refractivity contribution in [1.29, 1.82) is 0 Å². The molecule has 3 nitrogen and oxygen atoms in total. The highest BCUT2D eigenvalue weighted by atomic mass is 16.5. The summed E-state index contributed by atoms with van der Waals surface area (Å²) in [6.07, 6.45) is 8.10. The van der Waals surface area contributed by atoms with Gasteiger partial charge in [0.15, 0.2) is 11.5 Å². The first kappa shape index (κ1) is 14.3. The molecule has 1 rings (SSSR count). The molecule has 0 N–H and O–H groups in total. The summed E-state index contributed by atoms with van der Waals surface area (Å²) >= 11 is 0. The molecule has 0 atom stereocenters. The summed E-state index contributed by atoms with van der Waals surface area (Å²) in [6.45, 7) is 2.85. The number of hydrogen-bond donors (Lipinski definition) is 0. The van der Waals surface area contributed by atoms with E-state index in [1.807, 2.05) is 18.2 Å². The van der Waals surface area contributed by atoms with Gasteiger partial charge in [-0.3, -0.25) is 4.79 Å². The molecule has 0 spiro atoms. The van der Waals surface area contributed by atoms with Crippen molar-refractivity contribution < 1.29 is 14.3 Å². The van der Waals surface area contributed by atoms with E-state index in [0.717, 1.165) is 24.2 Å². The number of ether oxygens (including phenoxy) is 2. The van der Waals surface area contributed by atoms with Crippen LogP contribution in [0.3, 0.4) is 0 Å². The Hall–Kier alpha value is -1.77. The van der Waals surface area contributed by atoms with Gasteiger partial charge in [-0.15, -0.1) is 0 Å². The maximum absolute atomic E-state index is 10.1. The van der Waals surface area contributed by atoms with Crippen molar-refractivity contribution in [1.82, 2.24) is 0 Å². The summed E-state index contributed by atoms with van der Waals surface area (Å²) in [5, 5.41) is 0. The van der Waals surface area contributed by atoms with E-state index >= 15 is 0 Å². The standard InChI is InChI=1S/C15H19O3/c1-3-4-5-11-18-14-9-8-13(7-6-10-16)12-15(14)17-2/h6-9,12H,3-5,11H2,1-2H3. The maximum Gasteiger partial charge on any atom is 0.225 e. The lowest BCUT2D eigenvalue weighted by molar-refractivity contribution is 0.286. The normalized spacial score (nSPS) is 10.6. The smallest absolute Gasteiger partial charge is 0.225 e. The Bertz CT molecular complexity index is 397. The van der Waals surface area contributed by atoms with Crippen LogP contribution in [0.4, 0.5) is 0 Å². The zero-order valence-corrected chi connectivity index (χ0v) is 10.9. The summed E-state index contributed by atoms with van der Waals surface area (Å²) < 4.78 is 10.9. The molecule has 3 heteroatoms. The molecule has 18 heavy (non-hydrogen) atoms. The van der Waals surface area contributed by atoms with Gasteiger partial charge in [-0.2, -0.15) is 0 Å². The monoisotopic (exact) mass is 247 g/mol. The van der Waals surface area contributed by atoms with Gasteiger partial charge in [-0.05, 0) is 30.2 Å². The highest BCUT2D eigenvalue weighted by Gasteiger charge is 2.04. The number of benzene rings is 1. The molecule has 97 valence electrons. The van der Waals surface area contributed by atoms with Crippen molar-refractivity contribution in [2.45, 2.75) is 26.2 Å². The lowest BCUT2D eigenvalue weighted by atomic mass is 10.2. The van der Waals surface area contributed by atoms with Gasteiger partial charge in [0.2, 0.25) is 6.29 Å². The number of allylic oxidation sites excluding steroid dienone is 1. The third kappa shape index (κ3) is 4.62. The molecular weight excluding hydrogens is 228 g/mol. The molecule has 1 radical (unpaired) electrons. The molecular formula is C15H19O3. The fraction of sp³-hybridized carbons (Fsp3) is 0.400. The summed E-state index contributed by atoms with van der Waals surface area (Å²) in [5.41, 5.74) is 0.885. The van der Waals surface area contributed by atoms with Crippen LogP contribution >= 0.6 is 0 Å². The first-order valence-electron chi connectivity index (χ1n) is 6.17. The highest BCUT2D eigenvalue weighted by molar-refractivity contribution is 5.74. The van der Waals surface area contributed by atoms with Gasteiger partial charge in [0, 0.05) is 0 Å². The lowest BCUT2D eigenvalue weighted by Gasteiger charge is -2.11. The number of unbranched alkanes of at least 4 members (excludes halogenated alkanes) is 2. The second-order valence-electron chi connectivity index (χ2n) is 3.92. The largest absolute Gasteiger partial charge is 0.493 e. The summed E-state index contributed by atoms with van der Waals surface area (Å²) in [6, 6.07) is 5.57. The van der Waals surface area contributed by atoms with E-state index in [1.54, 1.807) is 19.5 Å². The number of carbonyl (C=O) groups excluding carboxylic acids is 1. The van der Waals surface area contributed by atoms with E-state index in [9.17, 15) is 4.79 Å². The van der Waals surface area contributed by atoms with Gasteiger partial charge in [0.1, 0.15) is 0 Å². The Kier molecular flexibility index (Phi) is 6.62. The van der Waals surface area contributed by atoms with Crippen molar-refractivity contribution in [3.63, 3.8) is 0 Å². The van der Waals surface area contributed by atoms with Gasteiger partial charge < -0.3 is 9.47 Å². The Balaban J connectivity index is 2.67. The third-order valence-corrected chi connectivity index (χ3v) is 2.54. The molecule has 0 bridgehead atoms. The van der Waals surface area contributed by atoms with Crippen LogP contribution in [0.15, 0.2) is 24.3 Å². The third-order valence-electron chi connectivity index (χ3n) is 2.54. The van der Waals surface area contributed by atoms with E-state index in [2.05, 4.69) is 6.92 Å². The Morgan fingerprint density at radius 3 is 2.78 bits per heavy atom. The molecule has 0 saturated carbocycles. The zero-order valence-electron chi connectivity index (χ0n) is 10.9. The summed E-state index contributed by atoms with van der Waals surface area (Å²) in [5.74, 6) is 1.42. The Labute approximate surface area is 108 Å². The van der Waals surface area contributed by atoms with E-state index in [-0.39, 0.29) is 0 Å². The number of rotatable bonds is 8. The van der Waals surface area contributed by atoms with Gasteiger partial charge in [0.05, 0.1) is 13.7 Å². The molecule has 0 aliphatic rings. The topological polar surface area (TPSA) is 35.5 Å². The summed E-state index contributed by atoms with van der Waals surface area (Å²) in [4.78, 5) is 10.1. The Morgan fingerprint density at radius 1 is 1.28 bits per heavy atom. The van der Waals surface area contributed by atoms with Gasteiger partial charge in [-0.25, -0.2) is 0 Å². The first-order valence-corrected chi connectivity index (χ1v) is 6.17. The van der Waals surface area contributed by atoms with Crippen LogP contribution in [-0.4, -0.2) is 20.0 Å². The van der Waals surface area contributed by atoms with Crippen molar-refractivity contribution in [2.24, 2.45) is 0 Å². The first-order chi connectivity index (χ1) is 8.81. The minimum atomic E-state index is 0.680. The highest BCUT2D eigenvalue weighted by Crippen LogP contribution is 2.28. The van der Waals surface area contributed by atoms with Crippen molar-refractivity contribution in [2.75, 3.05) is 13.7 Å². The average Bonchev–Trinajstić information content (AvgIpc) is 2.42.